The summed E-state index contributed by atoms with van der Waals surface area (Å²) in [6.07, 6.45) is 1.06. The number of piperidine rings is 1. The van der Waals surface area contributed by atoms with Crippen molar-refractivity contribution in [2.24, 2.45) is 0 Å². The molecule has 2 heterocycles. The summed E-state index contributed by atoms with van der Waals surface area (Å²) in [5.41, 5.74) is 1.99. The van der Waals surface area contributed by atoms with E-state index in [0.29, 0.717) is 69.3 Å². The zero-order valence-corrected chi connectivity index (χ0v) is 29.1. The van der Waals surface area contributed by atoms with Gasteiger partial charge in [-0.25, -0.2) is 13.6 Å². The van der Waals surface area contributed by atoms with E-state index in [2.05, 4.69) is 0 Å². The second-order valence-electron chi connectivity index (χ2n) is 13.3. The highest BCUT2D eigenvalue weighted by Crippen LogP contribution is 2.36. The predicted octanol–water partition coefficient (Wildman–Crippen LogP) is 6.88. The molecule has 0 spiro atoms. The SMILES string of the molecule is COCCCN1C(=O)COc2ccc(COC3CN(C(=O)OC(C)(C)C)CCC3c3ccc(OCCCOc4c(F)cccc4F)cc3)cc21. The van der Waals surface area contributed by atoms with Crippen molar-refractivity contribution in [3.63, 3.8) is 0 Å². The van der Waals surface area contributed by atoms with E-state index in [1.54, 1.807) is 16.9 Å². The first-order chi connectivity index (χ1) is 24.0. The van der Waals surface area contributed by atoms with Crippen LogP contribution < -0.4 is 19.1 Å². The molecule has 0 saturated carbocycles. The molecule has 5 rings (SSSR count). The first kappa shape index (κ1) is 36.9. The number of anilines is 1. The first-order valence-electron chi connectivity index (χ1n) is 17.0. The van der Waals surface area contributed by atoms with Gasteiger partial charge >= 0.3 is 6.09 Å². The van der Waals surface area contributed by atoms with Gasteiger partial charge in [-0.3, -0.25) is 4.79 Å². The van der Waals surface area contributed by atoms with E-state index in [-0.39, 0.29) is 49.6 Å². The van der Waals surface area contributed by atoms with Gasteiger partial charge in [0, 0.05) is 39.1 Å². The molecule has 1 fully saturated rings. The van der Waals surface area contributed by atoms with E-state index in [1.807, 2.05) is 63.2 Å². The highest BCUT2D eigenvalue weighted by molar-refractivity contribution is 5.97. The zero-order chi connectivity index (χ0) is 35.7. The summed E-state index contributed by atoms with van der Waals surface area (Å²) in [6, 6.07) is 17.0. The Balaban J connectivity index is 1.23. The molecule has 3 aromatic rings. The average Bonchev–Trinajstić information content (AvgIpc) is 3.09. The lowest BCUT2D eigenvalue weighted by Gasteiger charge is -2.39. The van der Waals surface area contributed by atoms with Crippen molar-refractivity contribution in [1.29, 1.82) is 0 Å². The van der Waals surface area contributed by atoms with Crippen LogP contribution in [-0.4, -0.2) is 81.8 Å². The van der Waals surface area contributed by atoms with Crippen LogP contribution in [0.25, 0.3) is 0 Å². The molecule has 0 aliphatic carbocycles. The number of amides is 2. The zero-order valence-electron chi connectivity index (χ0n) is 29.1. The minimum absolute atomic E-state index is 0.00492. The lowest BCUT2D eigenvalue weighted by Crippen LogP contribution is -2.48. The van der Waals surface area contributed by atoms with E-state index >= 15 is 0 Å². The number of para-hydroxylation sites is 1. The average molecular weight is 697 g/mol. The number of carbonyl (C=O) groups excluding carboxylic acids is 2. The van der Waals surface area contributed by atoms with Gasteiger partial charge < -0.3 is 38.2 Å². The Morgan fingerprint density at radius 3 is 2.42 bits per heavy atom. The third-order valence-corrected chi connectivity index (χ3v) is 8.40. The lowest BCUT2D eigenvalue weighted by atomic mass is 9.87. The van der Waals surface area contributed by atoms with Crippen LogP contribution in [0, 0.1) is 11.6 Å². The summed E-state index contributed by atoms with van der Waals surface area (Å²) in [6.45, 7) is 8.10. The largest absolute Gasteiger partial charge is 0.493 e. The first-order valence-corrected chi connectivity index (χ1v) is 17.0. The number of fused-ring (bicyclic) bond motifs is 1. The highest BCUT2D eigenvalue weighted by atomic mass is 19.1. The van der Waals surface area contributed by atoms with Crippen molar-refractivity contribution in [2.45, 2.75) is 64.3 Å². The lowest BCUT2D eigenvalue weighted by molar-refractivity contribution is -0.121. The van der Waals surface area contributed by atoms with Crippen LogP contribution in [0.15, 0.2) is 60.7 Å². The molecule has 10 nitrogen and oxygen atoms in total. The Bertz CT molecular complexity index is 1580. The molecule has 0 radical (unpaired) electrons. The maximum atomic E-state index is 13.8. The number of rotatable bonds is 14. The van der Waals surface area contributed by atoms with Gasteiger partial charge in [-0.05, 0) is 81.1 Å². The van der Waals surface area contributed by atoms with Crippen LogP contribution in [0.4, 0.5) is 19.3 Å². The normalized spacial score (nSPS) is 17.6. The summed E-state index contributed by atoms with van der Waals surface area (Å²) in [7, 11) is 1.63. The molecule has 1 saturated heterocycles. The van der Waals surface area contributed by atoms with Crippen molar-refractivity contribution in [3.05, 3.63) is 83.4 Å². The molecule has 2 unspecified atom stereocenters. The van der Waals surface area contributed by atoms with Gasteiger partial charge in [0.15, 0.2) is 24.0 Å². The molecule has 2 amide bonds. The van der Waals surface area contributed by atoms with Crippen molar-refractivity contribution in [1.82, 2.24) is 4.90 Å². The standard InChI is InChI=1S/C38H46F2N2O8/c1-38(2,3)50-37(44)41-18-16-29(27-11-13-28(14-12-27)46-20-7-21-47-36-30(39)8-5-9-31(36)40)34(23-41)48-24-26-10-15-33-32(22-26)42(17-6-19-45-4)35(43)25-49-33/h5,8-15,22,29,34H,6-7,16-21,23-25H2,1-4H3. The maximum Gasteiger partial charge on any atom is 0.410 e. The number of ether oxygens (including phenoxy) is 6. The van der Waals surface area contributed by atoms with Crippen LogP contribution in [-0.2, 0) is 25.6 Å². The monoisotopic (exact) mass is 696 g/mol. The second kappa shape index (κ2) is 17.0. The summed E-state index contributed by atoms with van der Waals surface area (Å²) < 4.78 is 61.8. The number of benzene rings is 3. The number of nitrogens with zero attached hydrogens (tertiary/aromatic N) is 2. The van der Waals surface area contributed by atoms with E-state index in [0.717, 1.165) is 23.3 Å². The Morgan fingerprint density at radius 2 is 1.70 bits per heavy atom. The molecule has 0 aromatic heterocycles. The van der Waals surface area contributed by atoms with Crippen LogP contribution >= 0.6 is 0 Å². The smallest absolute Gasteiger partial charge is 0.410 e. The van der Waals surface area contributed by atoms with Gasteiger partial charge in [0.25, 0.3) is 5.91 Å². The van der Waals surface area contributed by atoms with Crippen LogP contribution in [0.5, 0.6) is 17.2 Å². The summed E-state index contributed by atoms with van der Waals surface area (Å²) in [4.78, 5) is 29.2. The van der Waals surface area contributed by atoms with Crippen LogP contribution in [0.3, 0.4) is 0 Å². The van der Waals surface area contributed by atoms with Crippen LogP contribution in [0.2, 0.25) is 0 Å². The number of halogens is 2. The van der Waals surface area contributed by atoms with E-state index in [1.165, 1.54) is 6.07 Å². The molecular weight excluding hydrogens is 650 g/mol. The van der Waals surface area contributed by atoms with Gasteiger partial charge in [-0.2, -0.15) is 0 Å². The Kier molecular flexibility index (Phi) is 12.5. The number of hydrogen-bond donors (Lipinski definition) is 0. The fraction of sp³-hybridized carbons (Fsp3) is 0.474. The summed E-state index contributed by atoms with van der Waals surface area (Å²) in [5.74, 6) is -0.695. The number of methoxy groups -OCH3 is 1. The molecule has 2 aliphatic rings. The van der Waals surface area contributed by atoms with Gasteiger partial charge in [0.2, 0.25) is 0 Å². The summed E-state index contributed by atoms with van der Waals surface area (Å²) in [5, 5.41) is 0. The number of hydrogen-bond acceptors (Lipinski definition) is 8. The van der Waals surface area contributed by atoms with Crippen molar-refractivity contribution < 1.29 is 46.8 Å². The van der Waals surface area contributed by atoms with Crippen LogP contribution in [0.1, 0.15) is 57.1 Å². The molecule has 3 aromatic carbocycles. The fourth-order valence-corrected chi connectivity index (χ4v) is 5.97. The third kappa shape index (κ3) is 9.85. The topological polar surface area (TPSA) is 96.0 Å². The predicted molar refractivity (Wildman–Crippen MR) is 183 cm³/mol. The van der Waals surface area contributed by atoms with Crippen molar-refractivity contribution in [2.75, 3.05) is 58.1 Å². The van der Waals surface area contributed by atoms with E-state index in [9.17, 15) is 18.4 Å². The van der Waals surface area contributed by atoms with E-state index in [4.69, 9.17) is 28.4 Å². The van der Waals surface area contributed by atoms with E-state index < -0.39 is 17.2 Å². The van der Waals surface area contributed by atoms with Gasteiger partial charge in [0.05, 0.1) is 38.2 Å². The van der Waals surface area contributed by atoms with Crippen molar-refractivity contribution in [3.8, 4) is 17.2 Å². The molecule has 0 N–H and O–H groups in total. The second-order valence-corrected chi connectivity index (χ2v) is 13.3. The molecule has 2 atom stereocenters. The number of carbonyl (C=O) groups is 2. The van der Waals surface area contributed by atoms with Gasteiger partial charge in [0.1, 0.15) is 17.1 Å². The summed E-state index contributed by atoms with van der Waals surface area (Å²) >= 11 is 0. The maximum absolute atomic E-state index is 13.8. The molecule has 50 heavy (non-hydrogen) atoms. The molecule has 270 valence electrons. The third-order valence-electron chi connectivity index (χ3n) is 8.40. The minimum atomic E-state index is -0.741. The molecule has 2 aliphatic heterocycles. The molecule has 0 bridgehead atoms. The van der Waals surface area contributed by atoms with Gasteiger partial charge in [-0.15, -0.1) is 0 Å². The van der Waals surface area contributed by atoms with Crippen molar-refractivity contribution >= 4 is 17.7 Å². The number of likely N-dealkylation sites (tertiary alicyclic amines) is 1. The Morgan fingerprint density at radius 1 is 0.960 bits per heavy atom. The highest BCUT2D eigenvalue weighted by Gasteiger charge is 2.35. The fourth-order valence-electron chi connectivity index (χ4n) is 5.97. The molecular formula is C38H46F2N2O8. The minimum Gasteiger partial charge on any atom is -0.493 e. The Labute approximate surface area is 292 Å². The van der Waals surface area contributed by atoms with Gasteiger partial charge in [-0.1, -0.05) is 24.3 Å². The molecule has 12 heteroatoms. The Hall–Kier alpha value is -4.42. The quantitative estimate of drug-likeness (QED) is 0.168.